The van der Waals surface area contributed by atoms with Crippen LogP contribution in [-0.4, -0.2) is 46.9 Å². The SMILES string of the molecule is CCCCC/C=C\C/C=C\CCCCCCCCCC(=O)OC(CCCCCCCCCCCCCCC)CC(=O)NC(CO)C(O)CCCCCCCCCCCCCC. The van der Waals surface area contributed by atoms with E-state index in [-0.39, 0.29) is 24.9 Å². The fraction of sp³-hybridized carbons (Fsp3) is 0.891. The molecule has 0 saturated heterocycles. The van der Waals surface area contributed by atoms with Crippen LogP contribution in [0.15, 0.2) is 24.3 Å². The van der Waals surface area contributed by atoms with Gasteiger partial charge in [-0.25, -0.2) is 0 Å². The van der Waals surface area contributed by atoms with Crippen LogP contribution in [0.3, 0.4) is 0 Å². The summed E-state index contributed by atoms with van der Waals surface area (Å²) in [5.74, 6) is -0.466. The number of esters is 1. The quantitative estimate of drug-likeness (QED) is 0.0322. The first-order chi connectivity index (χ1) is 30.0. The number of ether oxygens (including phenoxy) is 1. The smallest absolute Gasteiger partial charge is 0.306 e. The molecule has 0 saturated carbocycles. The Bertz CT molecular complexity index is 966. The average molecular weight is 860 g/mol. The summed E-state index contributed by atoms with van der Waals surface area (Å²) in [5, 5.41) is 23.8. The molecule has 0 aliphatic heterocycles. The molecule has 6 heteroatoms. The van der Waals surface area contributed by atoms with E-state index < -0.39 is 18.2 Å². The monoisotopic (exact) mass is 860 g/mol. The standard InChI is InChI=1S/C55H105NO5/c1-4-7-10-13-16-19-22-25-26-27-28-30-33-36-39-42-45-48-55(60)61-51(46-43-40-37-34-31-29-23-20-17-14-11-8-5-2)49-54(59)56-52(50-57)53(58)47-44-41-38-35-32-24-21-18-15-12-9-6-3/h16,19,25-26,51-53,57-58H,4-15,17-18,20-24,27-50H2,1-3H3,(H,56,59)/b19-16-,26-25-. The number of amides is 1. The third-order valence-electron chi connectivity index (χ3n) is 12.5. The Labute approximate surface area is 380 Å². The van der Waals surface area contributed by atoms with Crippen molar-refractivity contribution >= 4 is 11.9 Å². The summed E-state index contributed by atoms with van der Waals surface area (Å²) < 4.78 is 5.95. The van der Waals surface area contributed by atoms with Crippen LogP contribution < -0.4 is 5.32 Å². The maximum Gasteiger partial charge on any atom is 0.306 e. The highest BCUT2D eigenvalue weighted by Crippen LogP contribution is 2.18. The summed E-state index contributed by atoms with van der Waals surface area (Å²) in [6, 6.07) is -0.698. The molecule has 0 bridgehead atoms. The minimum absolute atomic E-state index is 0.0801. The number of unbranched alkanes of at least 4 members (excludes halogenated alkanes) is 33. The molecule has 6 nitrogen and oxygen atoms in total. The predicted octanol–water partition coefficient (Wildman–Crippen LogP) is 16.3. The van der Waals surface area contributed by atoms with Crippen LogP contribution in [0.5, 0.6) is 0 Å². The van der Waals surface area contributed by atoms with Gasteiger partial charge in [-0.05, 0) is 57.8 Å². The van der Waals surface area contributed by atoms with Gasteiger partial charge in [0.2, 0.25) is 5.91 Å². The lowest BCUT2D eigenvalue weighted by atomic mass is 10.0. The topological polar surface area (TPSA) is 95.9 Å². The summed E-state index contributed by atoms with van der Waals surface area (Å²) >= 11 is 0. The van der Waals surface area contributed by atoms with Crippen molar-refractivity contribution in [2.75, 3.05) is 6.61 Å². The molecule has 61 heavy (non-hydrogen) atoms. The molecule has 0 radical (unpaired) electrons. The summed E-state index contributed by atoms with van der Waals surface area (Å²) in [5.41, 5.74) is 0. The fourth-order valence-corrected chi connectivity index (χ4v) is 8.40. The zero-order valence-corrected chi connectivity index (χ0v) is 41.1. The Morgan fingerprint density at radius 3 is 1.28 bits per heavy atom. The van der Waals surface area contributed by atoms with E-state index >= 15 is 0 Å². The Morgan fingerprint density at radius 2 is 0.836 bits per heavy atom. The minimum atomic E-state index is -0.784. The Hall–Kier alpha value is -1.66. The number of hydrogen-bond donors (Lipinski definition) is 3. The van der Waals surface area contributed by atoms with Crippen LogP contribution in [0.2, 0.25) is 0 Å². The van der Waals surface area contributed by atoms with Crippen LogP contribution in [-0.2, 0) is 14.3 Å². The lowest BCUT2D eigenvalue weighted by molar-refractivity contribution is -0.151. The van der Waals surface area contributed by atoms with Gasteiger partial charge >= 0.3 is 5.97 Å². The Kier molecular flexibility index (Phi) is 48.0. The first kappa shape index (κ1) is 59.3. The second-order valence-electron chi connectivity index (χ2n) is 18.6. The lowest BCUT2D eigenvalue weighted by Gasteiger charge is -2.24. The average Bonchev–Trinajstić information content (AvgIpc) is 3.25. The third kappa shape index (κ3) is 44.7. The molecule has 0 aliphatic rings. The largest absolute Gasteiger partial charge is 0.462 e. The normalized spacial score (nSPS) is 13.3. The van der Waals surface area contributed by atoms with Gasteiger partial charge < -0.3 is 20.3 Å². The molecule has 0 aromatic carbocycles. The number of aliphatic hydroxyl groups excluding tert-OH is 2. The number of allylic oxidation sites excluding steroid dienone is 4. The van der Waals surface area contributed by atoms with E-state index in [1.807, 2.05) is 0 Å². The second kappa shape index (κ2) is 49.4. The zero-order chi connectivity index (χ0) is 44.5. The highest BCUT2D eigenvalue weighted by molar-refractivity contribution is 5.77. The third-order valence-corrected chi connectivity index (χ3v) is 12.5. The molecule has 0 aromatic heterocycles. The predicted molar refractivity (Wildman–Crippen MR) is 264 cm³/mol. The summed E-state index contributed by atoms with van der Waals surface area (Å²) in [7, 11) is 0. The molecule has 3 unspecified atom stereocenters. The van der Waals surface area contributed by atoms with Crippen molar-refractivity contribution in [3.8, 4) is 0 Å². The Morgan fingerprint density at radius 1 is 0.475 bits per heavy atom. The first-order valence-electron chi connectivity index (χ1n) is 27.1. The van der Waals surface area contributed by atoms with Crippen LogP contribution in [0.4, 0.5) is 0 Å². The van der Waals surface area contributed by atoms with Gasteiger partial charge in [0.05, 0.1) is 25.2 Å². The molecule has 3 atom stereocenters. The lowest BCUT2D eigenvalue weighted by Crippen LogP contribution is -2.46. The van der Waals surface area contributed by atoms with Gasteiger partial charge in [0.25, 0.3) is 0 Å². The van der Waals surface area contributed by atoms with Gasteiger partial charge in [-0.2, -0.15) is 0 Å². The number of aliphatic hydroxyl groups is 2. The Balaban J connectivity index is 4.53. The van der Waals surface area contributed by atoms with Gasteiger partial charge in [-0.1, -0.05) is 244 Å². The molecule has 1 amide bonds. The van der Waals surface area contributed by atoms with Crippen LogP contribution in [0, 0.1) is 0 Å². The fourth-order valence-electron chi connectivity index (χ4n) is 8.40. The first-order valence-corrected chi connectivity index (χ1v) is 27.1. The van der Waals surface area contributed by atoms with Crippen molar-refractivity contribution < 1.29 is 24.5 Å². The van der Waals surface area contributed by atoms with Crippen molar-refractivity contribution in [2.24, 2.45) is 0 Å². The van der Waals surface area contributed by atoms with Crippen molar-refractivity contribution in [1.29, 1.82) is 0 Å². The molecule has 0 fully saturated rings. The van der Waals surface area contributed by atoms with Gasteiger partial charge in [0.1, 0.15) is 6.10 Å². The summed E-state index contributed by atoms with van der Waals surface area (Å²) in [6.45, 7) is 6.48. The zero-order valence-electron chi connectivity index (χ0n) is 41.1. The molecule has 0 aliphatic carbocycles. The van der Waals surface area contributed by atoms with Crippen molar-refractivity contribution in [1.82, 2.24) is 5.32 Å². The van der Waals surface area contributed by atoms with E-state index in [4.69, 9.17) is 4.74 Å². The van der Waals surface area contributed by atoms with Crippen LogP contribution in [0.25, 0.3) is 0 Å². The van der Waals surface area contributed by atoms with Crippen LogP contribution in [0.1, 0.15) is 290 Å². The van der Waals surface area contributed by atoms with Gasteiger partial charge in [0, 0.05) is 6.42 Å². The van der Waals surface area contributed by atoms with Gasteiger partial charge in [-0.3, -0.25) is 9.59 Å². The van der Waals surface area contributed by atoms with Gasteiger partial charge in [-0.15, -0.1) is 0 Å². The molecular weight excluding hydrogens is 755 g/mol. The maximum absolute atomic E-state index is 13.2. The molecule has 0 spiro atoms. The number of nitrogens with one attached hydrogen (secondary N) is 1. The summed E-state index contributed by atoms with van der Waals surface area (Å²) in [4.78, 5) is 26.2. The highest BCUT2D eigenvalue weighted by atomic mass is 16.5. The van der Waals surface area contributed by atoms with E-state index in [0.717, 1.165) is 57.8 Å². The van der Waals surface area contributed by atoms with Crippen molar-refractivity contribution in [3.63, 3.8) is 0 Å². The van der Waals surface area contributed by atoms with E-state index in [9.17, 15) is 19.8 Å². The van der Waals surface area contributed by atoms with Crippen molar-refractivity contribution in [2.45, 2.75) is 309 Å². The molecule has 0 aromatic rings. The molecule has 3 N–H and O–H groups in total. The molecule has 0 heterocycles. The number of hydrogen-bond acceptors (Lipinski definition) is 5. The molecule has 360 valence electrons. The minimum Gasteiger partial charge on any atom is -0.462 e. The second-order valence-corrected chi connectivity index (χ2v) is 18.6. The van der Waals surface area contributed by atoms with Crippen molar-refractivity contribution in [3.05, 3.63) is 24.3 Å². The number of carbonyl (C=O) groups is 2. The number of carbonyl (C=O) groups excluding carboxylic acids is 2. The summed E-state index contributed by atoms with van der Waals surface area (Å²) in [6.07, 6.45) is 56.6. The molecule has 0 rings (SSSR count). The van der Waals surface area contributed by atoms with E-state index in [2.05, 4.69) is 50.4 Å². The van der Waals surface area contributed by atoms with Gasteiger partial charge in [0.15, 0.2) is 0 Å². The molecular formula is C55H105NO5. The van der Waals surface area contributed by atoms with E-state index in [1.165, 1.54) is 186 Å². The maximum atomic E-state index is 13.2. The van der Waals surface area contributed by atoms with Crippen LogP contribution >= 0.6 is 0 Å². The van der Waals surface area contributed by atoms with E-state index in [0.29, 0.717) is 19.3 Å². The highest BCUT2D eigenvalue weighted by Gasteiger charge is 2.24. The van der Waals surface area contributed by atoms with E-state index in [1.54, 1.807) is 0 Å². The number of rotatable bonds is 49.